The number of fused-ring (bicyclic) bond motifs is 1. The van der Waals surface area contributed by atoms with Crippen molar-refractivity contribution in [1.82, 2.24) is 9.55 Å². The highest BCUT2D eigenvalue weighted by Gasteiger charge is 2.07. The molecule has 3 nitrogen and oxygen atoms in total. The number of para-hydroxylation sites is 1. The van der Waals surface area contributed by atoms with E-state index in [1.54, 1.807) is 6.20 Å². The number of nitrogens with zero attached hydrogens (tertiary/aromatic N) is 2. The predicted octanol–water partition coefficient (Wildman–Crippen LogP) is 3.34. The first-order chi connectivity index (χ1) is 9.28. The summed E-state index contributed by atoms with van der Waals surface area (Å²) < 4.78 is 3.10. The molecule has 4 heteroatoms. The molecule has 0 bridgehead atoms. The molecule has 0 amide bonds. The van der Waals surface area contributed by atoms with Crippen LogP contribution in [0, 0.1) is 0 Å². The Kier molecular flexibility index (Phi) is 3.36. The molecular weight excluding hydrogens is 304 g/mol. The third kappa shape index (κ3) is 2.41. The summed E-state index contributed by atoms with van der Waals surface area (Å²) in [5.41, 5.74) is 3.07. The smallest absolute Gasteiger partial charge is 0.0702 e. The molecule has 19 heavy (non-hydrogen) atoms. The summed E-state index contributed by atoms with van der Waals surface area (Å²) in [4.78, 5) is 4.39. The van der Waals surface area contributed by atoms with Gasteiger partial charge in [0.25, 0.3) is 0 Å². The average Bonchev–Trinajstić information content (AvgIpc) is 2.80. The molecule has 0 aliphatic heterocycles. The average molecular weight is 317 g/mol. The highest BCUT2D eigenvalue weighted by molar-refractivity contribution is 9.10. The van der Waals surface area contributed by atoms with E-state index in [1.807, 2.05) is 36.5 Å². The fourth-order valence-electron chi connectivity index (χ4n) is 2.25. The van der Waals surface area contributed by atoms with Gasteiger partial charge >= 0.3 is 0 Å². The van der Waals surface area contributed by atoms with Crippen LogP contribution in [0.5, 0.6) is 0 Å². The molecule has 1 N–H and O–H groups in total. The molecule has 2 heterocycles. The van der Waals surface area contributed by atoms with Crippen molar-refractivity contribution in [3.05, 3.63) is 64.5 Å². The quantitative estimate of drug-likeness (QED) is 0.804. The van der Waals surface area contributed by atoms with Crippen molar-refractivity contribution in [3.63, 3.8) is 0 Å². The number of aromatic nitrogens is 2. The van der Waals surface area contributed by atoms with E-state index in [4.69, 9.17) is 0 Å². The van der Waals surface area contributed by atoms with Gasteiger partial charge in [-0.15, -0.1) is 0 Å². The Morgan fingerprint density at radius 1 is 1.16 bits per heavy atom. The van der Waals surface area contributed by atoms with Crippen LogP contribution in [0.3, 0.4) is 0 Å². The fraction of sp³-hybridized carbons (Fsp3) is 0.133. The van der Waals surface area contributed by atoms with E-state index >= 15 is 0 Å². The topological polar surface area (TPSA) is 38.0 Å². The minimum atomic E-state index is 0.0568. The van der Waals surface area contributed by atoms with Gasteiger partial charge in [-0.3, -0.25) is 4.98 Å². The van der Waals surface area contributed by atoms with E-state index < -0.39 is 0 Å². The second kappa shape index (κ2) is 5.15. The summed E-state index contributed by atoms with van der Waals surface area (Å²) in [5.74, 6) is 0. The van der Waals surface area contributed by atoms with Gasteiger partial charge < -0.3 is 9.67 Å². The molecule has 2 aromatic heterocycles. The number of hydrogen-bond donors (Lipinski definition) is 1. The number of hydrogen-bond acceptors (Lipinski definition) is 2. The molecule has 0 fully saturated rings. The van der Waals surface area contributed by atoms with Crippen LogP contribution in [0.1, 0.15) is 11.3 Å². The van der Waals surface area contributed by atoms with Crippen molar-refractivity contribution in [2.45, 2.75) is 13.2 Å². The van der Waals surface area contributed by atoms with Crippen LogP contribution in [0.15, 0.2) is 53.3 Å². The molecule has 1 aromatic carbocycles. The van der Waals surface area contributed by atoms with Crippen molar-refractivity contribution in [2.24, 2.45) is 0 Å². The molecule has 3 aromatic rings. The third-order valence-electron chi connectivity index (χ3n) is 3.16. The lowest BCUT2D eigenvalue weighted by Crippen LogP contribution is -1.99. The molecule has 0 aliphatic rings. The highest BCUT2D eigenvalue weighted by Crippen LogP contribution is 2.22. The van der Waals surface area contributed by atoms with Crippen LogP contribution >= 0.6 is 15.9 Å². The Morgan fingerprint density at radius 2 is 2.00 bits per heavy atom. The van der Waals surface area contributed by atoms with E-state index in [9.17, 15) is 5.11 Å². The Hall–Kier alpha value is -1.65. The van der Waals surface area contributed by atoms with E-state index in [0.717, 1.165) is 26.6 Å². The van der Waals surface area contributed by atoms with Gasteiger partial charge in [0.2, 0.25) is 0 Å². The van der Waals surface area contributed by atoms with Gasteiger partial charge in [-0.1, -0.05) is 18.2 Å². The van der Waals surface area contributed by atoms with Crippen molar-refractivity contribution in [2.75, 3.05) is 0 Å². The lowest BCUT2D eigenvalue weighted by atomic mass is 10.2. The number of rotatable bonds is 3. The number of aliphatic hydroxyl groups excluding tert-OH is 1. The lowest BCUT2D eigenvalue weighted by Gasteiger charge is -2.04. The maximum atomic E-state index is 9.42. The summed E-state index contributed by atoms with van der Waals surface area (Å²) in [6, 6.07) is 12.1. The second-order valence-corrected chi connectivity index (χ2v) is 5.34. The summed E-state index contributed by atoms with van der Waals surface area (Å²) in [5, 5.41) is 10.5. The SMILES string of the molecule is OCc1cn(Cc2ccc(Br)cn2)c2ccccc12. The first-order valence-corrected chi connectivity index (χ1v) is 6.85. The van der Waals surface area contributed by atoms with Gasteiger partial charge in [0.15, 0.2) is 0 Å². The Morgan fingerprint density at radius 3 is 2.74 bits per heavy atom. The largest absolute Gasteiger partial charge is 0.392 e. The lowest BCUT2D eigenvalue weighted by molar-refractivity contribution is 0.283. The monoisotopic (exact) mass is 316 g/mol. The van der Waals surface area contributed by atoms with Crippen molar-refractivity contribution in [3.8, 4) is 0 Å². The van der Waals surface area contributed by atoms with Crippen LogP contribution in [0.2, 0.25) is 0 Å². The van der Waals surface area contributed by atoms with E-state index in [0.29, 0.717) is 6.54 Å². The Labute approximate surface area is 119 Å². The molecule has 0 saturated carbocycles. The molecule has 0 radical (unpaired) electrons. The van der Waals surface area contributed by atoms with Gasteiger partial charge in [0.05, 0.1) is 18.8 Å². The van der Waals surface area contributed by atoms with Gasteiger partial charge in [0.1, 0.15) is 0 Å². The second-order valence-electron chi connectivity index (χ2n) is 4.43. The van der Waals surface area contributed by atoms with Crippen LogP contribution in [0.25, 0.3) is 10.9 Å². The molecule has 0 spiro atoms. The van der Waals surface area contributed by atoms with Crippen molar-refractivity contribution in [1.29, 1.82) is 0 Å². The van der Waals surface area contributed by atoms with Crippen molar-refractivity contribution < 1.29 is 5.11 Å². The molecule has 0 unspecified atom stereocenters. The first-order valence-electron chi connectivity index (χ1n) is 6.06. The standard InChI is InChI=1S/C15H13BrN2O/c16-12-5-6-13(17-7-12)9-18-8-11(10-19)14-3-1-2-4-15(14)18/h1-8,19H,9-10H2. The maximum Gasteiger partial charge on any atom is 0.0702 e. The molecule has 0 aliphatic carbocycles. The van der Waals surface area contributed by atoms with Crippen LogP contribution in [0.4, 0.5) is 0 Å². The zero-order valence-corrected chi connectivity index (χ0v) is 11.8. The van der Waals surface area contributed by atoms with Crippen molar-refractivity contribution >= 4 is 26.8 Å². The molecule has 3 rings (SSSR count). The molecular formula is C15H13BrN2O. The normalized spacial score (nSPS) is 11.1. The van der Waals surface area contributed by atoms with Crippen LogP contribution < -0.4 is 0 Å². The zero-order chi connectivity index (χ0) is 13.2. The molecule has 96 valence electrons. The van der Waals surface area contributed by atoms with E-state index in [-0.39, 0.29) is 6.61 Å². The summed E-state index contributed by atoms with van der Waals surface area (Å²) in [7, 11) is 0. The Balaban J connectivity index is 2.03. The number of pyridine rings is 1. The van der Waals surface area contributed by atoms with Gasteiger partial charge in [0, 0.05) is 33.3 Å². The first kappa shape index (κ1) is 12.4. The summed E-state index contributed by atoms with van der Waals surface area (Å²) in [6.45, 7) is 0.759. The van der Waals surface area contributed by atoms with E-state index in [2.05, 4.69) is 31.5 Å². The highest BCUT2D eigenvalue weighted by atomic mass is 79.9. The van der Waals surface area contributed by atoms with Gasteiger partial charge in [-0.25, -0.2) is 0 Å². The number of aliphatic hydroxyl groups is 1. The maximum absolute atomic E-state index is 9.42. The minimum Gasteiger partial charge on any atom is -0.392 e. The molecule has 0 atom stereocenters. The zero-order valence-electron chi connectivity index (χ0n) is 10.3. The third-order valence-corrected chi connectivity index (χ3v) is 3.63. The van der Waals surface area contributed by atoms with E-state index in [1.165, 1.54) is 0 Å². The fourth-order valence-corrected chi connectivity index (χ4v) is 2.49. The number of benzene rings is 1. The number of halogens is 1. The Bertz CT molecular complexity index is 704. The summed E-state index contributed by atoms with van der Waals surface area (Å²) in [6.07, 6.45) is 3.79. The van der Waals surface area contributed by atoms with Crippen LogP contribution in [-0.2, 0) is 13.2 Å². The molecule has 0 saturated heterocycles. The predicted molar refractivity (Wildman–Crippen MR) is 78.9 cm³/mol. The van der Waals surface area contributed by atoms with Gasteiger partial charge in [-0.2, -0.15) is 0 Å². The van der Waals surface area contributed by atoms with Gasteiger partial charge in [-0.05, 0) is 34.1 Å². The summed E-state index contributed by atoms with van der Waals surface area (Å²) >= 11 is 3.38. The minimum absolute atomic E-state index is 0.0568. The van der Waals surface area contributed by atoms with Crippen LogP contribution in [-0.4, -0.2) is 14.7 Å².